The Balaban J connectivity index is 1.57. The number of fused-ring (bicyclic) bond motifs is 8. The highest BCUT2D eigenvalue weighted by Gasteiger charge is 2.30. The summed E-state index contributed by atoms with van der Waals surface area (Å²) in [5.41, 5.74) is 13.8. The van der Waals surface area contributed by atoms with Crippen LogP contribution in [0.5, 0.6) is 0 Å². The van der Waals surface area contributed by atoms with E-state index < -0.39 is 7.12 Å². The molecule has 5 heterocycles. The summed E-state index contributed by atoms with van der Waals surface area (Å²) >= 11 is 0. The molecule has 0 fully saturated rings. The van der Waals surface area contributed by atoms with Crippen LogP contribution < -0.4 is 5.46 Å². The summed E-state index contributed by atoms with van der Waals surface area (Å²) in [7, 11) is -1.78. The SMILES string of the molecule is OB(O)c1c(-c2ccccc2)c2[nH]c1cc1nc(cc3ccc(cc4nc(c2-c2ccccc2)C(c2ccccc2)=C4c2ccccc2)[nH]3)C=C1. The highest BCUT2D eigenvalue weighted by molar-refractivity contribution is 6.64. The fourth-order valence-electron chi connectivity index (χ4n) is 7.17. The van der Waals surface area contributed by atoms with Gasteiger partial charge in [-0.3, -0.25) is 0 Å². The summed E-state index contributed by atoms with van der Waals surface area (Å²) in [4.78, 5) is 17.6. The van der Waals surface area contributed by atoms with Crippen LogP contribution >= 0.6 is 0 Å². The summed E-state index contributed by atoms with van der Waals surface area (Å²) in [6.07, 6.45) is 3.89. The topological polar surface area (TPSA) is 97.8 Å². The molecule has 242 valence electrons. The van der Waals surface area contributed by atoms with Gasteiger partial charge < -0.3 is 20.0 Å². The second-order valence-electron chi connectivity index (χ2n) is 12.6. The second kappa shape index (κ2) is 12.7. The molecule has 2 aliphatic rings. The van der Waals surface area contributed by atoms with Gasteiger partial charge in [0.25, 0.3) is 0 Å². The van der Waals surface area contributed by atoms with Crippen molar-refractivity contribution < 1.29 is 10.0 Å². The van der Waals surface area contributed by atoms with Gasteiger partial charge in [-0.25, -0.2) is 9.97 Å². The van der Waals surface area contributed by atoms with E-state index in [4.69, 9.17) is 9.97 Å². The lowest BCUT2D eigenvalue weighted by Crippen LogP contribution is -2.30. The second-order valence-corrected chi connectivity index (χ2v) is 12.6. The number of hydrogen-bond donors (Lipinski definition) is 4. The Labute approximate surface area is 295 Å². The van der Waals surface area contributed by atoms with E-state index in [2.05, 4.69) is 70.6 Å². The molecule has 3 aromatic heterocycles. The smallest absolute Gasteiger partial charge is 0.423 e. The van der Waals surface area contributed by atoms with Crippen LogP contribution in [0, 0.1) is 0 Å². The minimum absolute atomic E-state index is 0.360. The van der Waals surface area contributed by atoms with Crippen molar-refractivity contribution in [1.29, 1.82) is 0 Å². The Morgan fingerprint density at radius 2 is 0.980 bits per heavy atom. The van der Waals surface area contributed by atoms with E-state index in [-0.39, 0.29) is 0 Å². The highest BCUT2D eigenvalue weighted by atomic mass is 16.4. The molecule has 0 atom stereocenters. The van der Waals surface area contributed by atoms with Gasteiger partial charge in [-0.05, 0) is 64.7 Å². The van der Waals surface area contributed by atoms with Crippen molar-refractivity contribution in [2.24, 2.45) is 0 Å². The number of benzene rings is 4. The average Bonchev–Trinajstić information content (AvgIpc) is 3.96. The van der Waals surface area contributed by atoms with Crippen LogP contribution in [-0.4, -0.2) is 37.1 Å². The normalized spacial score (nSPS) is 12.4. The van der Waals surface area contributed by atoms with E-state index in [9.17, 15) is 10.0 Å². The van der Waals surface area contributed by atoms with E-state index in [1.54, 1.807) is 0 Å². The molecule has 4 aromatic carbocycles. The van der Waals surface area contributed by atoms with Crippen molar-refractivity contribution in [2.75, 3.05) is 0 Å². The van der Waals surface area contributed by atoms with Crippen molar-refractivity contribution in [3.05, 3.63) is 186 Å². The van der Waals surface area contributed by atoms with E-state index in [0.29, 0.717) is 22.2 Å². The molecule has 0 amide bonds. The number of nitrogens with zero attached hydrogens (tertiary/aromatic N) is 2. The molecule has 7 aromatic rings. The van der Waals surface area contributed by atoms with E-state index in [0.717, 1.165) is 72.6 Å². The molecule has 0 saturated carbocycles. The zero-order valence-electron chi connectivity index (χ0n) is 27.5. The molecule has 0 unspecified atom stereocenters. The molecule has 51 heavy (non-hydrogen) atoms. The summed E-state index contributed by atoms with van der Waals surface area (Å²) < 4.78 is 0. The summed E-state index contributed by atoms with van der Waals surface area (Å²) in [5.74, 6) is 0. The molecule has 6 nitrogen and oxygen atoms in total. The fraction of sp³-hybridized carbons (Fsp3) is 0. The number of aromatic nitrogens is 4. The van der Waals surface area contributed by atoms with Crippen LogP contribution in [0.2, 0.25) is 0 Å². The molecule has 7 heteroatoms. The molecule has 4 N–H and O–H groups in total. The van der Waals surface area contributed by atoms with Crippen LogP contribution in [0.25, 0.3) is 67.6 Å². The molecule has 0 saturated heterocycles. The van der Waals surface area contributed by atoms with Gasteiger partial charge in [-0.2, -0.15) is 0 Å². The Hall–Kier alpha value is -6.54. The number of nitrogens with one attached hydrogen (secondary N) is 2. The number of aromatic amines is 2. The number of rotatable bonds is 5. The molecule has 2 aliphatic heterocycles. The van der Waals surface area contributed by atoms with Crippen molar-refractivity contribution in [3.8, 4) is 22.3 Å². The van der Waals surface area contributed by atoms with Gasteiger partial charge in [0.2, 0.25) is 0 Å². The van der Waals surface area contributed by atoms with Crippen molar-refractivity contribution in [3.63, 3.8) is 0 Å². The predicted octanol–water partition coefficient (Wildman–Crippen LogP) is 8.51. The predicted molar refractivity (Wildman–Crippen MR) is 209 cm³/mol. The maximum Gasteiger partial charge on any atom is 0.491 e. The lowest BCUT2D eigenvalue weighted by atomic mass is 9.75. The van der Waals surface area contributed by atoms with Crippen LogP contribution in [0.15, 0.2) is 152 Å². The van der Waals surface area contributed by atoms with Crippen LogP contribution in [-0.2, 0) is 0 Å². The first kappa shape index (κ1) is 30.5. The lowest BCUT2D eigenvalue weighted by molar-refractivity contribution is 0.426. The van der Waals surface area contributed by atoms with Crippen molar-refractivity contribution in [2.45, 2.75) is 0 Å². The molecule has 0 radical (unpaired) electrons. The molecular weight excluding hydrogens is 627 g/mol. The minimum Gasteiger partial charge on any atom is -0.423 e. The summed E-state index contributed by atoms with van der Waals surface area (Å²) in [6.45, 7) is 0. The number of hydrogen-bond acceptors (Lipinski definition) is 4. The van der Waals surface area contributed by atoms with Crippen LogP contribution in [0.3, 0.4) is 0 Å². The third-order valence-electron chi connectivity index (χ3n) is 9.34. The molecular formula is C44H31BN4O2. The largest absolute Gasteiger partial charge is 0.491 e. The Morgan fingerprint density at radius 1 is 0.471 bits per heavy atom. The van der Waals surface area contributed by atoms with Gasteiger partial charge in [0, 0.05) is 44.3 Å². The van der Waals surface area contributed by atoms with E-state index >= 15 is 0 Å². The molecule has 0 aliphatic carbocycles. The Kier molecular flexibility index (Phi) is 7.62. The zero-order chi connectivity index (χ0) is 34.3. The van der Waals surface area contributed by atoms with Gasteiger partial charge in [-0.15, -0.1) is 0 Å². The van der Waals surface area contributed by atoms with Crippen molar-refractivity contribution in [1.82, 2.24) is 19.9 Å². The molecule has 8 bridgehead atoms. The Bertz CT molecular complexity index is 2650. The fourth-order valence-corrected chi connectivity index (χ4v) is 7.17. The third kappa shape index (κ3) is 5.61. The van der Waals surface area contributed by atoms with Gasteiger partial charge >= 0.3 is 7.12 Å². The van der Waals surface area contributed by atoms with Crippen LogP contribution in [0.4, 0.5) is 0 Å². The summed E-state index contributed by atoms with van der Waals surface area (Å²) in [5, 5.41) is 22.3. The van der Waals surface area contributed by atoms with Gasteiger partial charge in [0.05, 0.1) is 28.3 Å². The van der Waals surface area contributed by atoms with E-state index in [1.807, 2.05) is 103 Å². The number of H-pyrrole nitrogens is 2. The maximum absolute atomic E-state index is 11.1. The summed E-state index contributed by atoms with van der Waals surface area (Å²) in [6, 6.07) is 50.9. The van der Waals surface area contributed by atoms with E-state index in [1.165, 1.54) is 0 Å². The minimum atomic E-state index is -1.78. The van der Waals surface area contributed by atoms with Gasteiger partial charge in [0.15, 0.2) is 0 Å². The molecule has 9 rings (SSSR count). The first-order valence-corrected chi connectivity index (χ1v) is 16.9. The van der Waals surface area contributed by atoms with Crippen molar-refractivity contribution >= 4 is 57.9 Å². The quantitative estimate of drug-likeness (QED) is 0.140. The van der Waals surface area contributed by atoms with Gasteiger partial charge in [0.1, 0.15) is 0 Å². The average molecular weight is 659 g/mol. The molecule has 0 spiro atoms. The first-order valence-electron chi connectivity index (χ1n) is 16.9. The lowest BCUT2D eigenvalue weighted by Gasteiger charge is -2.14. The standard InChI is InChI=1S/C44H31BN4O2/c50-45(51)42-37-27-35-24-22-33(47-35)25-32-21-23-34(46-32)26-36-38(28-13-5-1-6-14-28)39(29-15-7-2-8-16-29)43(48-36)41(31-19-11-4-12-20-31)44(49-37)40(42)30-17-9-3-10-18-30/h1-27,46,49-51H. The highest BCUT2D eigenvalue weighted by Crippen LogP contribution is 2.45. The maximum atomic E-state index is 11.1. The third-order valence-corrected chi connectivity index (χ3v) is 9.34. The van der Waals surface area contributed by atoms with Crippen LogP contribution in [0.1, 0.15) is 33.9 Å². The Morgan fingerprint density at radius 3 is 1.57 bits per heavy atom. The first-order chi connectivity index (χ1) is 25.1. The monoisotopic (exact) mass is 658 g/mol. The van der Waals surface area contributed by atoms with Gasteiger partial charge in [-0.1, -0.05) is 121 Å². The zero-order valence-corrected chi connectivity index (χ0v) is 27.5.